The number of nitrogens with one attached hydrogen (secondary N) is 1. The Kier molecular flexibility index (Phi) is 5.11. The van der Waals surface area contributed by atoms with Gasteiger partial charge in [0.05, 0.1) is 16.9 Å². The summed E-state index contributed by atoms with van der Waals surface area (Å²) in [5.74, 6) is 1.07. The molecule has 5 heteroatoms. The molecule has 0 fully saturated rings. The van der Waals surface area contributed by atoms with Crippen LogP contribution in [0.2, 0.25) is 0 Å². The monoisotopic (exact) mass is 288 g/mol. The Hall–Kier alpha value is -2.14. The van der Waals surface area contributed by atoms with Gasteiger partial charge < -0.3 is 10.1 Å². The zero-order valence-electron chi connectivity index (χ0n) is 12.3. The van der Waals surface area contributed by atoms with Gasteiger partial charge in [-0.3, -0.25) is 10.1 Å². The number of nitro groups is 1. The van der Waals surface area contributed by atoms with E-state index in [1.54, 1.807) is 18.2 Å². The normalized spacial score (nSPS) is 12.3. The molecule has 0 heterocycles. The topological polar surface area (TPSA) is 64.4 Å². The molecule has 1 unspecified atom stereocenters. The Labute approximate surface area is 124 Å². The van der Waals surface area contributed by atoms with Crippen LogP contribution in [-0.2, 0) is 0 Å². The van der Waals surface area contributed by atoms with E-state index in [2.05, 4.69) is 19.2 Å². The number of hydrogen-bond donors (Lipinski definition) is 1. The quantitative estimate of drug-likeness (QED) is 0.626. The van der Waals surface area contributed by atoms with Crippen molar-refractivity contribution in [1.29, 1.82) is 0 Å². The first-order chi connectivity index (χ1) is 10.1. The fourth-order valence-corrected chi connectivity index (χ4v) is 2.22. The molecule has 0 radical (unpaired) electrons. The number of benzene rings is 2. The molecule has 2 aromatic carbocycles. The van der Waals surface area contributed by atoms with Gasteiger partial charge in [-0.25, -0.2) is 0 Å². The van der Waals surface area contributed by atoms with Gasteiger partial charge in [0, 0.05) is 23.9 Å². The molecule has 1 atom stereocenters. The van der Waals surface area contributed by atoms with Gasteiger partial charge in [-0.2, -0.15) is 0 Å². The van der Waals surface area contributed by atoms with Crippen molar-refractivity contribution >= 4 is 16.5 Å². The van der Waals surface area contributed by atoms with Gasteiger partial charge in [-0.1, -0.05) is 32.0 Å². The van der Waals surface area contributed by atoms with Gasteiger partial charge in [0.25, 0.3) is 5.69 Å². The Bertz CT molecular complexity index is 628. The minimum atomic E-state index is -0.361. The van der Waals surface area contributed by atoms with E-state index in [0.29, 0.717) is 23.7 Å². The Morgan fingerprint density at radius 1 is 1.24 bits per heavy atom. The summed E-state index contributed by atoms with van der Waals surface area (Å²) < 4.78 is 5.85. The summed E-state index contributed by atoms with van der Waals surface area (Å²) in [6.45, 7) is 6.58. The lowest BCUT2D eigenvalue weighted by Crippen LogP contribution is -2.24. The zero-order chi connectivity index (χ0) is 15.2. The molecule has 0 aliphatic carbocycles. The van der Waals surface area contributed by atoms with Crippen molar-refractivity contribution in [2.45, 2.75) is 13.8 Å². The SMILES string of the molecule is CCNCC(C)COc1ccc([N+](=O)[O-])c2ccccc12. The molecule has 112 valence electrons. The minimum absolute atomic E-state index is 0.110. The summed E-state index contributed by atoms with van der Waals surface area (Å²) in [6, 6.07) is 10.5. The first-order valence-electron chi connectivity index (χ1n) is 7.13. The van der Waals surface area contributed by atoms with Crippen LogP contribution in [0.25, 0.3) is 10.8 Å². The smallest absolute Gasteiger partial charge is 0.277 e. The van der Waals surface area contributed by atoms with Crippen molar-refractivity contribution in [3.05, 3.63) is 46.5 Å². The number of ether oxygens (including phenoxy) is 1. The van der Waals surface area contributed by atoms with E-state index in [1.807, 2.05) is 12.1 Å². The molecule has 0 amide bonds. The highest BCUT2D eigenvalue weighted by Crippen LogP contribution is 2.32. The van der Waals surface area contributed by atoms with Gasteiger partial charge in [0.1, 0.15) is 5.75 Å². The summed E-state index contributed by atoms with van der Waals surface area (Å²) in [7, 11) is 0. The summed E-state index contributed by atoms with van der Waals surface area (Å²) in [5.41, 5.74) is 0.110. The van der Waals surface area contributed by atoms with Gasteiger partial charge in [-0.05, 0) is 18.7 Å². The first kappa shape index (κ1) is 15.3. The highest BCUT2D eigenvalue weighted by molar-refractivity contribution is 5.95. The third-order valence-corrected chi connectivity index (χ3v) is 3.32. The number of rotatable bonds is 7. The standard InChI is InChI=1S/C16H20N2O3/c1-3-17-10-12(2)11-21-16-9-8-15(18(19)20)13-6-4-5-7-14(13)16/h4-9,12,17H,3,10-11H2,1-2H3. The fraction of sp³-hybridized carbons (Fsp3) is 0.375. The fourth-order valence-electron chi connectivity index (χ4n) is 2.22. The molecule has 1 N–H and O–H groups in total. The molecule has 0 aliphatic rings. The lowest BCUT2D eigenvalue weighted by molar-refractivity contribution is -0.383. The van der Waals surface area contributed by atoms with E-state index in [1.165, 1.54) is 6.07 Å². The van der Waals surface area contributed by atoms with E-state index in [0.717, 1.165) is 18.5 Å². The molecule has 0 saturated heterocycles. The average molecular weight is 288 g/mol. The van der Waals surface area contributed by atoms with Crippen molar-refractivity contribution in [1.82, 2.24) is 5.32 Å². The molecule has 0 saturated carbocycles. The second-order valence-corrected chi connectivity index (χ2v) is 5.11. The minimum Gasteiger partial charge on any atom is -0.493 e. The van der Waals surface area contributed by atoms with Crippen LogP contribution < -0.4 is 10.1 Å². The maximum atomic E-state index is 11.1. The molecule has 0 bridgehead atoms. The van der Waals surface area contributed by atoms with Crippen LogP contribution in [0.1, 0.15) is 13.8 Å². The van der Waals surface area contributed by atoms with E-state index in [9.17, 15) is 10.1 Å². The van der Waals surface area contributed by atoms with Crippen molar-refractivity contribution in [3.8, 4) is 5.75 Å². The largest absolute Gasteiger partial charge is 0.493 e. The van der Waals surface area contributed by atoms with E-state index >= 15 is 0 Å². The molecule has 0 aliphatic heterocycles. The van der Waals surface area contributed by atoms with Gasteiger partial charge >= 0.3 is 0 Å². The van der Waals surface area contributed by atoms with Gasteiger partial charge in [-0.15, -0.1) is 0 Å². The molecule has 0 spiro atoms. The number of hydrogen-bond acceptors (Lipinski definition) is 4. The molecule has 0 aromatic heterocycles. The number of fused-ring (bicyclic) bond motifs is 1. The van der Waals surface area contributed by atoms with Gasteiger partial charge in [0.15, 0.2) is 0 Å². The van der Waals surface area contributed by atoms with Crippen LogP contribution in [-0.4, -0.2) is 24.6 Å². The Balaban J connectivity index is 2.21. The van der Waals surface area contributed by atoms with Crippen molar-refractivity contribution in [2.75, 3.05) is 19.7 Å². The molecule has 2 aromatic rings. The predicted octanol–water partition coefficient (Wildman–Crippen LogP) is 3.37. The predicted molar refractivity (Wildman–Crippen MR) is 83.8 cm³/mol. The van der Waals surface area contributed by atoms with Crippen LogP contribution in [0.3, 0.4) is 0 Å². The maximum absolute atomic E-state index is 11.1. The maximum Gasteiger partial charge on any atom is 0.277 e. The summed E-state index contributed by atoms with van der Waals surface area (Å²) in [5, 5.41) is 15.7. The first-order valence-corrected chi connectivity index (χ1v) is 7.13. The Morgan fingerprint density at radius 2 is 1.95 bits per heavy atom. The molecular formula is C16H20N2O3. The van der Waals surface area contributed by atoms with E-state index < -0.39 is 0 Å². The molecule has 5 nitrogen and oxygen atoms in total. The average Bonchev–Trinajstić information content (AvgIpc) is 2.50. The van der Waals surface area contributed by atoms with Crippen LogP contribution in [0.15, 0.2) is 36.4 Å². The highest BCUT2D eigenvalue weighted by atomic mass is 16.6. The summed E-state index contributed by atoms with van der Waals surface area (Å²) >= 11 is 0. The summed E-state index contributed by atoms with van der Waals surface area (Å²) in [4.78, 5) is 10.7. The van der Waals surface area contributed by atoms with Crippen LogP contribution in [0.5, 0.6) is 5.75 Å². The van der Waals surface area contributed by atoms with Crippen LogP contribution in [0, 0.1) is 16.0 Å². The van der Waals surface area contributed by atoms with Crippen molar-refractivity contribution in [3.63, 3.8) is 0 Å². The second kappa shape index (κ2) is 7.04. The van der Waals surface area contributed by atoms with Crippen LogP contribution >= 0.6 is 0 Å². The molecule has 2 rings (SSSR count). The third kappa shape index (κ3) is 3.70. The van der Waals surface area contributed by atoms with E-state index in [-0.39, 0.29) is 10.6 Å². The van der Waals surface area contributed by atoms with Crippen LogP contribution in [0.4, 0.5) is 5.69 Å². The molecular weight excluding hydrogens is 268 g/mol. The lowest BCUT2D eigenvalue weighted by Gasteiger charge is -2.14. The third-order valence-electron chi connectivity index (χ3n) is 3.32. The summed E-state index contributed by atoms with van der Waals surface area (Å²) in [6.07, 6.45) is 0. The lowest BCUT2D eigenvalue weighted by atomic mass is 10.1. The Morgan fingerprint density at radius 3 is 2.62 bits per heavy atom. The van der Waals surface area contributed by atoms with Crippen molar-refractivity contribution in [2.24, 2.45) is 5.92 Å². The van der Waals surface area contributed by atoms with Gasteiger partial charge in [0.2, 0.25) is 0 Å². The zero-order valence-corrected chi connectivity index (χ0v) is 12.3. The molecule has 21 heavy (non-hydrogen) atoms. The van der Waals surface area contributed by atoms with Crippen molar-refractivity contribution < 1.29 is 9.66 Å². The number of nitrogens with zero attached hydrogens (tertiary/aromatic N) is 1. The highest BCUT2D eigenvalue weighted by Gasteiger charge is 2.14. The second-order valence-electron chi connectivity index (χ2n) is 5.11. The van der Waals surface area contributed by atoms with E-state index in [4.69, 9.17) is 4.74 Å². The number of nitro benzene ring substituents is 1. The number of non-ortho nitro benzene ring substituents is 1.